The van der Waals surface area contributed by atoms with Gasteiger partial charge in [-0.05, 0) is 0 Å². The molecule has 0 bridgehead atoms. The number of hydrogen-bond donors (Lipinski definition) is 1. The molecule has 27 valence electrons. The van der Waals surface area contributed by atoms with Crippen molar-refractivity contribution in [3.05, 3.63) is 12.5 Å². The quantitative estimate of drug-likeness (QED) is 0.343. The van der Waals surface area contributed by atoms with Crippen molar-refractivity contribution in [2.24, 2.45) is 0 Å². The lowest BCUT2D eigenvalue weighted by molar-refractivity contribution is 0.577. The third-order valence-corrected chi connectivity index (χ3v) is 0.649. The van der Waals surface area contributed by atoms with Crippen molar-refractivity contribution in [1.82, 2.24) is 4.72 Å². The van der Waals surface area contributed by atoms with Gasteiger partial charge in [-0.15, -0.1) is 0 Å². The maximum atomic E-state index is 4.51. The first kappa shape index (κ1) is 2.90. The number of rotatable bonds is 0. The predicted molar refractivity (Wildman–Crippen MR) is 19.6 cm³/mol. The second kappa shape index (κ2) is 1.21. The van der Waals surface area contributed by atoms with Crippen molar-refractivity contribution in [2.45, 2.75) is 0 Å². The topological polar surface area (TPSA) is 21.3 Å². The van der Waals surface area contributed by atoms with Crippen LogP contribution in [-0.4, -0.2) is 0 Å². The molecule has 2 nitrogen and oxygen atoms in total. The highest BCUT2D eigenvalue weighted by atomic mass is 32.2. The van der Waals surface area contributed by atoms with E-state index in [0.717, 1.165) is 12.2 Å². The first-order valence-corrected chi connectivity index (χ1v) is 1.89. The largest absolute Gasteiger partial charge is 0.411 e. The fourth-order valence-corrected chi connectivity index (χ4v) is 0.361. The van der Waals surface area contributed by atoms with E-state index in [1.54, 1.807) is 0 Å². The maximum Gasteiger partial charge on any atom is 0.176 e. The molecule has 0 aliphatic carbocycles. The molecule has 1 aliphatic heterocycles. The van der Waals surface area contributed by atoms with Gasteiger partial charge in [0.15, 0.2) is 12.2 Å². The molecule has 5 heavy (non-hydrogen) atoms. The van der Waals surface area contributed by atoms with Gasteiger partial charge in [0.25, 0.3) is 0 Å². The van der Waals surface area contributed by atoms with Gasteiger partial charge in [-0.2, -0.15) is 0 Å². The Bertz CT molecular complexity index is 47.6. The maximum absolute atomic E-state index is 4.51. The molecule has 0 spiro atoms. The van der Waals surface area contributed by atoms with E-state index in [-0.39, 0.29) is 0 Å². The summed E-state index contributed by atoms with van der Waals surface area (Å²) in [6.07, 6.45) is 4.05. The summed E-state index contributed by atoms with van der Waals surface area (Å²) in [4.78, 5) is 0. The molecule has 1 rings (SSSR count). The molecule has 1 N–H and O–H groups in total. The Morgan fingerprint density at radius 1 is 2.00 bits per heavy atom. The van der Waals surface area contributed by atoms with Crippen molar-refractivity contribution < 1.29 is 4.18 Å². The van der Waals surface area contributed by atoms with Gasteiger partial charge < -0.3 is 4.18 Å². The van der Waals surface area contributed by atoms with Gasteiger partial charge in [-0.1, -0.05) is 0 Å². The summed E-state index contributed by atoms with van der Waals surface area (Å²) in [7, 11) is 0. The normalized spacial score (nSPS) is 17.6. The molecule has 0 fully saturated rings. The summed E-state index contributed by atoms with van der Waals surface area (Å²) in [6.45, 7) is 0. The van der Waals surface area contributed by atoms with Crippen molar-refractivity contribution in [1.29, 1.82) is 0 Å². The monoisotopic (exact) mass is 88.0 g/mol. The lowest BCUT2D eigenvalue weighted by atomic mass is 11.0. The van der Waals surface area contributed by atoms with Crippen LogP contribution in [0.2, 0.25) is 0 Å². The van der Waals surface area contributed by atoms with Gasteiger partial charge in [0.05, 0.1) is 0 Å². The van der Waals surface area contributed by atoms with E-state index in [9.17, 15) is 0 Å². The summed E-state index contributed by atoms with van der Waals surface area (Å²) < 4.78 is 7.12. The minimum atomic E-state index is 1.16. The van der Waals surface area contributed by atoms with Crippen LogP contribution in [0.15, 0.2) is 6.26 Å². The highest BCUT2D eigenvalue weighted by molar-refractivity contribution is 7.93. The standard InChI is InChI=1S/C2H2NOS/c1-2-4-5-3-1/h2-3H. The summed E-state index contributed by atoms with van der Waals surface area (Å²) in [5.41, 5.74) is 0. The number of hydrogen-bond acceptors (Lipinski definition) is 3. The molecule has 0 saturated carbocycles. The van der Waals surface area contributed by atoms with Crippen LogP contribution in [0.4, 0.5) is 0 Å². The van der Waals surface area contributed by atoms with Crippen molar-refractivity contribution in [3.8, 4) is 0 Å². The Hall–Kier alpha value is -0.310. The van der Waals surface area contributed by atoms with E-state index in [0.29, 0.717) is 0 Å². The zero-order chi connectivity index (χ0) is 3.54. The summed E-state index contributed by atoms with van der Waals surface area (Å²) in [5, 5.41) is 0. The molecule has 1 heterocycles. The van der Waals surface area contributed by atoms with E-state index < -0.39 is 0 Å². The van der Waals surface area contributed by atoms with Crippen LogP contribution in [0.3, 0.4) is 0 Å². The SMILES string of the molecule is [C]1=COSN1. The molecule has 0 aromatic heterocycles. The molecule has 0 aromatic carbocycles. The van der Waals surface area contributed by atoms with Crippen LogP contribution >= 0.6 is 12.2 Å². The van der Waals surface area contributed by atoms with Gasteiger partial charge in [-0.3, -0.25) is 4.72 Å². The van der Waals surface area contributed by atoms with Crippen LogP contribution in [0.5, 0.6) is 0 Å². The zero-order valence-corrected chi connectivity index (χ0v) is 3.21. The molecule has 0 unspecified atom stereocenters. The van der Waals surface area contributed by atoms with Crippen molar-refractivity contribution in [2.75, 3.05) is 0 Å². The lowest BCUT2D eigenvalue weighted by Crippen LogP contribution is -1.79. The molecule has 0 aromatic rings. The van der Waals surface area contributed by atoms with Gasteiger partial charge in [0.1, 0.15) is 12.5 Å². The Labute approximate surface area is 34.5 Å². The van der Waals surface area contributed by atoms with Crippen LogP contribution < -0.4 is 4.72 Å². The van der Waals surface area contributed by atoms with E-state index in [1.165, 1.54) is 6.26 Å². The lowest BCUT2D eigenvalue weighted by Gasteiger charge is -1.77. The second-order valence-electron chi connectivity index (χ2n) is 0.544. The molecular weight excluding hydrogens is 86.1 g/mol. The third kappa shape index (κ3) is 0.479. The Morgan fingerprint density at radius 2 is 3.00 bits per heavy atom. The van der Waals surface area contributed by atoms with E-state index in [4.69, 9.17) is 0 Å². The second-order valence-corrected chi connectivity index (χ2v) is 1.11. The fraction of sp³-hybridized carbons (Fsp3) is 0. The average Bonchev–Trinajstić information content (AvgIpc) is 1.76. The summed E-state index contributed by atoms with van der Waals surface area (Å²) in [5.74, 6) is 0. The Balaban J connectivity index is 2.32. The highest BCUT2D eigenvalue weighted by Gasteiger charge is 1.84. The number of nitrogens with one attached hydrogen (secondary N) is 1. The molecule has 0 saturated heterocycles. The van der Waals surface area contributed by atoms with Crippen molar-refractivity contribution in [3.63, 3.8) is 0 Å². The Morgan fingerprint density at radius 3 is 3.20 bits per heavy atom. The Kier molecular flexibility index (Phi) is 0.705. The predicted octanol–water partition coefficient (Wildman–Crippen LogP) is 0.444. The molecule has 3 heteroatoms. The molecule has 0 atom stereocenters. The first-order valence-electron chi connectivity index (χ1n) is 1.15. The van der Waals surface area contributed by atoms with Crippen LogP contribution in [0.25, 0.3) is 0 Å². The zero-order valence-electron chi connectivity index (χ0n) is 2.39. The summed E-state index contributed by atoms with van der Waals surface area (Å²) in [6, 6.07) is 0. The molecule has 1 radical (unpaired) electrons. The van der Waals surface area contributed by atoms with Gasteiger partial charge in [0.2, 0.25) is 0 Å². The van der Waals surface area contributed by atoms with Crippen molar-refractivity contribution >= 4 is 12.2 Å². The van der Waals surface area contributed by atoms with Gasteiger partial charge >= 0.3 is 0 Å². The molecule has 0 amide bonds. The summed E-state index contributed by atoms with van der Waals surface area (Å²) >= 11 is 1.16. The van der Waals surface area contributed by atoms with Crippen LogP contribution in [0.1, 0.15) is 0 Å². The van der Waals surface area contributed by atoms with E-state index >= 15 is 0 Å². The fourth-order valence-electron chi connectivity index (χ4n) is 0.120. The van der Waals surface area contributed by atoms with Gasteiger partial charge in [0, 0.05) is 0 Å². The molecule has 1 aliphatic rings. The average molecular weight is 88.1 g/mol. The highest BCUT2D eigenvalue weighted by Crippen LogP contribution is 2.00. The minimum absolute atomic E-state index is 1.16. The minimum Gasteiger partial charge on any atom is -0.411 e. The smallest absolute Gasteiger partial charge is 0.176 e. The molecular formula is C2H2NOS. The van der Waals surface area contributed by atoms with E-state index in [1.807, 2.05) is 0 Å². The third-order valence-electron chi connectivity index (χ3n) is 0.256. The van der Waals surface area contributed by atoms with E-state index in [2.05, 4.69) is 15.1 Å². The first-order chi connectivity index (χ1) is 2.50. The van der Waals surface area contributed by atoms with Gasteiger partial charge in [-0.25, -0.2) is 0 Å². The van der Waals surface area contributed by atoms with Crippen LogP contribution in [-0.2, 0) is 4.18 Å². The van der Waals surface area contributed by atoms with Crippen LogP contribution in [0, 0.1) is 6.20 Å².